The van der Waals surface area contributed by atoms with Crippen molar-refractivity contribution in [2.45, 2.75) is 38.8 Å². The van der Waals surface area contributed by atoms with Gasteiger partial charge in [-0.25, -0.2) is 9.67 Å². The Balaban J connectivity index is 1.97. The lowest BCUT2D eigenvalue weighted by Gasteiger charge is -2.34. The fourth-order valence-electron chi connectivity index (χ4n) is 2.40. The van der Waals surface area contributed by atoms with Gasteiger partial charge in [0.2, 0.25) is 5.91 Å². The van der Waals surface area contributed by atoms with Crippen LogP contribution in [0.1, 0.15) is 26.2 Å². The molecule has 18 heavy (non-hydrogen) atoms. The van der Waals surface area contributed by atoms with E-state index in [1.165, 1.54) is 6.33 Å². The molecule has 0 aliphatic carbocycles. The molecule has 2 rings (SSSR count). The van der Waals surface area contributed by atoms with E-state index < -0.39 is 0 Å². The fraction of sp³-hybridized carbons (Fsp3) is 0.750. The SMILES string of the molecule is CCCN(C(=O)Cn1cncn1)C1CCCNC1. The van der Waals surface area contributed by atoms with Crippen LogP contribution in [0, 0.1) is 0 Å². The van der Waals surface area contributed by atoms with Gasteiger partial charge in [0.15, 0.2) is 0 Å². The predicted octanol–water partition coefficient (Wildman–Crippen LogP) is 0.269. The molecule has 1 aromatic heterocycles. The van der Waals surface area contributed by atoms with Crippen LogP contribution in [0.25, 0.3) is 0 Å². The van der Waals surface area contributed by atoms with Crippen molar-refractivity contribution in [1.82, 2.24) is 25.0 Å². The van der Waals surface area contributed by atoms with E-state index >= 15 is 0 Å². The Hall–Kier alpha value is -1.43. The summed E-state index contributed by atoms with van der Waals surface area (Å²) in [5, 5.41) is 7.35. The number of hydrogen-bond donors (Lipinski definition) is 1. The third-order valence-corrected chi connectivity index (χ3v) is 3.26. The molecule has 1 amide bonds. The minimum absolute atomic E-state index is 0.135. The Morgan fingerprint density at radius 1 is 1.61 bits per heavy atom. The number of carbonyl (C=O) groups excluding carboxylic acids is 1. The van der Waals surface area contributed by atoms with Gasteiger partial charge in [0.1, 0.15) is 19.2 Å². The summed E-state index contributed by atoms with van der Waals surface area (Å²) in [6, 6.07) is 0.328. The summed E-state index contributed by atoms with van der Waals surface area (Å²) in [5.74, 6) is 0.135. The lowest BCUT2D eigenvalue weighted by Crippen LogP contribution is -2.49. The van der Waals surface area contributed by atoms with Crippen LogP contribution in [-0.2, 0) is 11.3 Å². The van der Waals surface area contributed by atoms with Crippen LogP contribution in [0.2, 0.25) is 0 Å². The molecule has 1 fully saturated rings. The van der Waals surface area contributed by atoms with Crippen LogP contribution < -0.4 is 5.32 Å². The molecule has 1 aliphatic heterocycles. The van der Waals surface area contributed by atoms with Gasteiger partial charge < -0.3 is 10.2 Å². The third kappa shape index (κ3) is 3.29. The van der Waals surface area contributed by atoms with Crippen LogP contribution in [0.4, 0.5) is 0 Å². The van der Waals surface area contributed by atoms with Gasteiger partial charge >= 0.3 is 0 Å². The Morgan fingerprint density at radius 3 is 3.11 bits per heavy atom. The van der Waals surface area contributed by atoms with Crippen LogP contribution >= 0.6 is 0 Å². The molecule has 0 radical (unpaired) electrons. The van der Waals surface area contributed by atoms with E-state index in [0.717, 1.165) is 38.9 Å². The largest absolute Gasteiger partial charge is 0.337 e. The van der Waals surface area contributed by atoms with Gasteiger partial charge in [0.05, 0.1) is 0 Å². The molecule has 0 aromatic carbocycles. The second-order valence-electron chi connectivity index (χ2n) is 4.68. The van der Waals surface area contributed by atoms with Gasteiger partial charge in [-0.15, -0.1) is 0 Å². The van der Waals surface area contributed by atoms with Crippen molar-refractivity contribution in [2.24, 2.45) is 0 Å². The normalized spacial score (nSPS) is 19.7. The summed E-state index contributed by atoms with van der Waals surface area (Å²) in [7, 11) is 0. The molecule has 6 heteroatoms. The molecule has 100 valence electrons. The second-order valence-corrected chi connectivity index (χ2v) is 4.68. The quantitative estimate of drug-likeness (QED) is 0.816. The summed E-state index contributed by atoms with van der Waals surface area (Å²) >= 11 is 0. The lowest BCUT2D eigenvalue weighted by molar-refractivity contribution is -0.134. The standard InChI is InChI=1S/C12H21N5O/c1-2-6-17(11-4-3-5-13-7-11)12(18)8-16-10-14-9-15-16/h9-11,13H,2-8H2,1H3. The highest BCUT2D eigenvalue weighted by Crippen LogP contribution is 2.11. The van der Waals surface area contributed by atoms with Gasteiger partial charge in [0.25, 0.3) is 0 Å². The zero-order chi connectivity index (χ0) is 12.8. The van der Waals surface area contributed by atoms with Gasteiger partial charge in [-0.3, -0.25) is 4.79 Å². The van der Waals surface area contributed by atoms with Crippen molar-refractivity contribution in [3.05, 3.63) is 12.7 Å². The number of hydrogen-bond acceptors (Lipinski definition) is 4. The number of nitrogens with one attached hydrogen (secondary N) is 1. The van der Waals surface area contributed by atoms with E-state index in [4.69, 9.17) is 0 Å². The van der Waals surface area contributed by atoms with Gasteiger partial charge in [0, 0.05) is 19.1 Å². The number of carbonyl (C=O) groups is 1. The van der Waals surface area contributed by atoms with Crippen molar-refractivity contribution in [1.29, 1.82) is 0 Å². The zero-order valence-corrected chi connectivity index (χ0v) is 10.9. The molecule has 2 heterocycles. The first-order valence-corrected chi connectivity index (χ1v) is 6.64. The van der Waals surface area contributed by atoms with Crippen molar-refractivity contribution in [2.75, 3.05) is 19.6 Å². The van der Waals surface area contributed by atoms with Gasteiger partial charge in [-0.1, -0.05) is 6.92 Å². The summed E-state index contributed by atoms with van der Waals surface area (Å²) in [6.45, 7) is 5.18. The predicted molar refractivity (Wildman–Crippen MR) is 67.9 cm³/mol. The summed E-state index contributed by atoms with van der Waals surface area (Å²) < 4.78 is 1.58. The molecule has 1 saturated heterocycles. The Bertz CT molecular complexity index is 359. The van der Waals surface area contributed by atoms with E-state index in [1.807, 2.05) is 4.90 Å². The summed E-state index contributed by atoms with van der Waals surface area (Å²) in [4.78, 5) is 18.2. The minimum atomic E-state index is 0.135. The Morgan fingerprint density at radius 2 is 2.50 bits per heavy atom. The number of nitrogens with zero attached hydrogens (tertiary/aromatic N) is 4. The zero-order valence-electron chi connectivity index (χ0n) is 10.9. The molecule has 6 nitrogen and oxygen atoms in total. The van der Waals surface area contributed by atoms with E-state index in [-0.39, 0.29) is 12.5 Å². The number of piperidine rings is 1. The van der Waals surface area contributed by atoms with Crippen molar-refractivity contribution in [3.63, 3.8) is 0 Å². The molecule has 0 bridgehead atoms. The smallest absolute Gasteiger partial charge is 0.244 e. The topological polar surface area (TPSA) is 63.1 Å². The molecule has 0 spiro atoms. The fourth-order valence-corrected chi connectivity index (χ4v) is 2.40. The Labute approximate surface area is 107 Å². The van der Waals surface area contributed by atoms with Crippen molar-refractivity contribution < 1.29 is 4.79 Å². The molecule has 1 unspecified atom stereocenters. The van der Waals surface area contributed by atoms with Crippen molar-refractivity contribution in [3.8, 4) is 0 Å². The molecule has 1 aliphatic rings. The van der Waals surface area contributed by atoms with E-state index in [0.29, 0.717) is 6.04 Å². The van der Waals surface area contributed by atoms with Gasteiger partial charge in [-0.2, -0.15) is 5.10 Å². The highest BCUT2D eigenvalue weighted by molar-refractivity contribution is 5.76. The maximum absolute atomic E-state index is 12.3. The highest BCUT2D eigenvalue weighted by atomic mass is 16.2. The van der Waals surface area contributed by atoms with E-state index in [1.54, 1.807) is 11.0 Å². The van der Waals surface area contributed by atoms with Crippen LogP contribution in [0.3, 0.4) is 0 Å². The van der Waals surface area contributed by atoms with Gasteiger partial charge in [-0.05, 0) is 25.8 Å². The molecule has 1 aromatic rings. The van der Waals surface area contributed by atoms with Crippen LogP contribution in [0.15, 0.2) is 12.7 Å². The average Bonchev–Trinajstić information content (AvgIpc) is 2.89. The van der Waals surface area contributed by atoms with Crippen LogP contribution in [-0.4, -0.2) is 51.2 Å². The maximum Gasteiger partial charge on any atom is 0.244 e. The minimum Gasteiger partial charge on any atom is -0.337 e. The summed E-state index contributed by atoms with van der Waals surface area (Å²) in [6.07, 6.45) is 6.26. The first kappa shape index (κ1) is 13.0. The average molecular weight is 251 g/mol. The molecule has 0 saturated carbocycles. The Kier molecular flexibility index (Phi) is 4.69. The molecule has 1 N–H and O–H groups in total. The highest BCUT2D eigenvalue weighted by Gasteiger charge is 2.24. The molecule has 1 atom stereocenters. The molecular formula is C12H21N5O. The van der Waals surface area contributed by atoms with E-state index in [2.05, 4.69) is 22.3 Å². The number of amides is 1. The molecular weight excluding hydrogens is 230 g/mol. The number of rotatable bonds is 5. The third-order valence-electron chi connectivity index (χ3n) is 3.26. The van der Waals surface area contributed by atoms with Crippen molar-refractivity contribution >= 4 is 5.91 Å². The summed E-state index contributed by atoms with van der Waals surface area (Å²) in [5.41, 5.74) is 0. The lowest BCUT2D eigenvalue weighted by atomic mass is 10.1. The second kappa shape index (κ2) is 6.49. The van der Waals surface area contributed by atoms with Crippen LogP contribution in [0.5, 0.6) is 0 Å². The van der Waals surface area contributed by atoms with E-state index in [9.17, 15) is 4.79 Å². The first-order chi connectivity index (χ1) is 8.81. The monoisotopic (exact) mass is 251 g/mol. The maximum atomic E-state index is 12.3. The first-order valence-electron chi connectivity index (χ1n) is 6.64. The number of aromatic nitrogens is 3.